The Kier molecular flexibility index (Phi) is 4.60. The highest BCUT2D eigenvalue weighted by Gasteiger charge is 1.95. The zero-order valence-corrected chi connectivity index (χ0v) is 8.90. The van der Waals surface area contributed by atoms with Crippen molar-refractivity contribution < 1.29 is 0 Å². The highest BCUT2D eigenvalue weighted by atomic mass is 32.2. The molecule has 0 spiro atoms. The smallest absolute Gasteiger partial charge is 0.129 e. The zero-order chi connectivity index (χ0) is 9.52. The highest BCUT2D eigenvalue weighted by Crippen LogP contribution is 2.04. The summed E-state index contributed by atoms with van der Waals surface area (Å²) in [7, 11) is 0. The van der Waals surface area contributed by atoms with E-state index in [0.29, 0.717) is 0 Å². The molecule has 0 atom stereocenters. The minimum Gasteiger partial charge on any atom is -0.369 e. The van der Waals surface area contributed by atoms with Crippen molar-refractivity contribution in [2.24, 2.45) is 0 Å². The Morgan fingerprint density at radius 2 is 2.31 bits per heavy atom. The third-order valence-corrected chi connectivity index (χ3v) is 2.31. The average molecular weight is 197 g/mol. The van der Waals surface area contributed by atoms with Gasteiger partial charge in [0, 0.05) is 24.1 Å². The third kappa shape index (κ3) is 3.63. The Balaban J connectivity index is 2.46. The molecule has 0 bridgehead atoms. The van der Waals surface area contributed by atoms with Gasteiger partial charge < -0.3 is 5.32 Å². The van der Waals surface area contributed by atoms with E-state index in [0.717, 1.165) is 30.2 Å². The molecule has 13 heavy (non-hydrogen) atoms. The van der Waals surface area contributed by atoms with Crippen LogP contribution >= 0.6 is 11.8 Å². The summed E-state index contributed by atoms with van der Waals surface area (Å²) in [5, 5.41) is 3.25. The zero-order valence-electron chi connectivity index (χ0n) is 8.08. The van der Waals surface area contributed by atoms with Crippen LogP contribution in [0, 0.1) is 0 Å². The largest absolute Gasteiger partial charge is 0.369 e. The number of hydrogen-bond donors (Lipinski definition) is 1. The van der Waals surface area contributed by atoms with Crippen LogP contribution in [0.2, 0.25) is 0 Å². The number of thioether (sulfide) groups is 1. The van der Waals surface area contributed by atoms with Gasteiger partial charge in [0.15, 0.2) is 0 Å². The van der Waals surface area contributed by atoms with Gasteiger partial charge in [-0.15, -0.1) is 0 Å². The summed E-state index contributed by atoms with van der Waals surface area (Å²) < 4.78 is 0. The van der Waals surface area contributed by atoms with E-state index in [1.54, 1.807) is 6.33 Å². The van der Waals surface area contributed by atoms with Crippen molar-refractivity contribution in [3.8, 4) is 0 Å². The van der Waals surface area contributed by atoms with Crippen LogP contribution in [-0.4, -0.2) is 28.5 Å². The Labute approximate surface area is 83.4 Å². The maximum atomic E-state index is 4.13. The quantitative estimate of drug-likeness (QED) is 0.731. The second kappa shape index (κ2) is 5.80. The molecule has 0 saturated heterocycles. The van der Waals surface area contributed by atoms with Gasteiger partial charge >= 0.3 is 0 Å². The lowest BCUT2D eigenvalue weighted by molar-refractivity contribution is 0.992. The molecule has 0 fully saturated rings. The van der Waals surface area contributed by atoms with Crippen molar-refractivity contribution in [1.29, 1.82) is 0 Å². The second-order valence-corrected chi connectivity index (χ2v) is 3.65. The SMILES string of the molecule is CCc1cc(NCCSC)ncn1. The first kappa shape index (κ1) is 10.3. The summed E-state index contributed by atoms with van der Waals surface area (Å²) in [6, 6.07) is 2.00. The molecular weight excluding hydrogens is 182 g/mol. The normalized spacial score (nSPS) is 10.0. The van der Waals surface area contributed by atoms with Crippen LogP contribution in [0.1, 0.15) is 12.6 Å². The number of aryl methyl sites for hydroxylation is 1. The van der Waals surface area contributed by atoms with Crippen molar-refractivity contribution in [3.05, 3.63) is 18.1 Å². The maximum Gasteiger partial charge on any atom is 0.129 e. The van der Waals surface area contributed by atoms with Crippen LogP contribution in [0.4, 0.5) is 5.82 Å². The van der Waals surface area contributed by atoms with Crippen molar-refractivity contribution in [2.75, 3.05) is 23.9 Å². The Morgan fingerprint density at radius 1 is 1.46 bits per heavy atom. The van der Waals surface area contributed by atoms with E-state index in [1.807, 2.05) is 17.8 Å². The molecule has 0 radical (unpaired) electrons. The first-order valence-electron chi connectivity index (χ1n) is 4.40. The summed E-state index contributed by atoms with van der Waals surface area (Å²) in [6.07, 6.45) is 4.67. The Bertz CT molecular complexity index is 252. The van der Waals surface area contributed by atoms with E-state index in [2.05, 4.69) is 28.5 Å². The van der Waals surface area contributed by atoms with Crippen molar-refractivity contribution >= 4 is 17.6 Å². The minimum absolute atomic E-state index is 0.931. The number of nitrogens with one attached hydrogen (secondary N) is 1. The standard InChI is InChI=1S/C9H15N3S/c1-3-8-6-9(12-7-11-8)10-4-5-13-2/h6-7H,3-5H2,1-2H3,(H,10,11,12). The first-order chi connectivity index (χ1) is 6.36. The van der Waals surface area contributed by atoms with Gasteiger partial charge in [0.25, 0.3) is 0 Å². The van der Waals surface area contributed by atoms with Gasteiger partial charge in [-0.1, -0.05) is 6.92 Å². The summed E-state index contributed by atoms with van der Waals surface area (Å²) in [4.78, 5) is 8.26. The van der Waals surface area contributed by atoms with Gasteiger partial charge in [0.05, 0.1) is 0 Å². The predicted octanol–water partition coefficient (Wildman–Crippen LogP) is 1.81. The van der Waals surface area contributed by atoms with Gasteiger partial charge in [-0.25, -0.2) is 9.97 Å². The lowest BCUT2D eigenvalue weighted by atomic mass is 10.3. The van der Waals surface area contributed by atoms with E-state index < -0.39 is 0 Å². The summed E-state index contributed by atoms with van der Waals surface area (Å²) in [5.74, 6) is 2.03. The number of anilines is 1. The van der Waals surface area contributed by atoms with E-state index in [-0.39, 0.29) is 0 Å². The predicted molar refractivity (Wildman–Crippen MR) is 58.3 cm³/mol. The topological polar surface area (TPSA) is 37.8 Å². The molecule has 0 aliphatic rings. The number of nitrogens with zero attached hydrogens (tertiary/aromatic N) is 2. The summed E-state index contributed by atoms with van der Waals surface area (Å²) in [6.45, 7) is 3.05. The highest BCUT2D eigenvalue weighted by molar-refractivity contribution is 7.98. The fraction of sp³-hybridized carbons (Fsp3) is 0.556. The van der Waals surface area contributed by atoms with Crippen LogP contribution in [0.3, 0.4) is 0 Å². The van der Waals surface area contributed by atoms with Crippen LogP contribution in [-0.2, 0) is 6.42 Å². The molecule has 0 unspecified atom stereocenters. The fourth-order valence-electron chi connectivity index (χ4n) is 0.969. The fourth-order valence-corrected chi connectivity index (χ4v) is 1.27. The summed E-state index contributed by atoms with van der Waals surface area (Å²) in [5.41, 5.74) is 1.08. The Hall–Kier alpha value is -0.770. The molecule has 1 aromatic rings. The molecule has 1 N–H and O–H groups in total. The minimum atomic E-state index is 0.931. The molecule has 72 valence electrons. The molecule has 1 aromatic heterocycles. The number of rotatable bonds is 5. The van der Waals surface area contributed by atoms with Gasteiger partial charge in [-0.05, 0) is 12.7 Å². The first-order valence-corrected chi connectivity index (χ1v) is 5.80. The maximum absolute atomic E-state index is 4.13. The number of hydrogen-bond acceptors (Lipinski definition) is 4. The van der Waals surface area contributed by atoms with Gasteiger partial charge in [0.2, 0.25) is 0 Å². The lowest BCUT2D eigenvalue weighted by Gasteiger charge is -2.04. The monoisotopic (exact) mass is 197 g/mol. The number of aromatic nitrogens is 2. The second-order valence-electron chi connectivity index (χ2n) is 2.67. The van der Waals surface area contributed by atoms with Crippen molar-refractivity contribution in [3.63, 3.8) is 0 Å². The van der Waals surface area contributed by atoms with Crippen LogP contribution < -0.4 is 5.32 Å². The molecule has 3 nitrogen and oxygen atoms in total. The van der Waals surface area contributed by atoms with E-state index >= 15 is 0 Å². The van der Waals surface area contributed by atoms with Gasteiger partial charge in [-0.3, -0.25) is 0 Å². The third-order valence-electron chi connectivity index (χ3n) is 1.70. The molecule has 0 aromatic carbocycles. The molecule has 1 rings (SSSR count). The van der Waals surface area contributed by atoms with Crippen LogP contribution in [0.5, 0.6) is 0 Å². The van der Waals surface area contributed by atoms with Gasteiger partial charge in [-0.2, -0.15) is 11.8 Å². The van der Waals surface area contributed by atoms with Crippen molar-refractivity contribution in [1.82, 2.24) is 9.97 Å². The molecule has 0 aliphatic heterocycles. The molecule has 4 heteroatoms. The van der Waals surface area contributed by atoms with Crippen LogP contribution in [0.15, 0.2) is 12.4 Å². The lowest BCUT2D eigenvalue weighted by Crippen LogP contribution is -2.06. The molecule has 1 heterocycles. The molecule has 0 amide bonds. The molecule has 0 aliphatic carbocycles. The van der Waals surface area contributed by atoms with E-state index in [9.17, 15) is 0 Å². The summed E-state index contributed by atoms with van der Waals surface area (Å²) >= 11 is 1.82. The Morgan fingerprint density at radius 3 is 3.00 bits per heavy atom. The average Bonchev–Trinajstić information content (AvgIpc) is 2.19. The van der Waals surface area contributed by atoms with E-state index in [1.165, 1.54) is 0 Å². The van der Waals surface area contributed by atoms with E-state index in [4.69, 9.17) is 0 Å². The van der Waals surface area contributed by atoms with Gasteiger partial charge in [0.1, 0.15) is 12.1 Å². The molecule has 0 saturated carbocycles. The van der Waals surface area contributed by atoms with Crippen molar-refractivity contribution in [2.45, 2.75) is 13.3 Å². The van der Waals surface area contributed by atoms with Crippen LogP contribution in [0.25, 0.3) is 0 Å². The molecular formula is C9H15N3S.